The van der Waals surface area contributed by atoms with Crippen molar-refractivity contribution in [3.05, 3.63) is 40.1 Å². The fraction of sp³-hybridized carbons (Fsp3) is 0.353. The molecular weight excluding hydrogens is 437 g/mol. The molecule has 0 saturated carbocycles. The van der Waals surface area contributed by atoms with Crippen LogP contribution in [-0.4, -0.2) is 26.7 Å². The average Bonchev–Trinajstić information content (AvgIpc) is 2.98. The number of benzene rings is 1. The normalized spacial score (nSPS) is 10.8. The molecule has 1 aromatic carbocycles. The highest BCUT2D eigenvalue weighted by Gasteiger charge is 2.06. The van der Waals surface area contributed by atoms with Crippen molar-refractivity contribution in [2.75, 3.05) is 26.1 Å². The van der Waals surface area contributed by atoms with Crippen LogP contribution in [0.2, 0.25) is 0 Å². The van der Waals surface area contributed by atoms with Crippen LogP contribution in [0.3, 0.4) is 0 Å². The molecule has 0 fully saturated rings. The number of nitrogens with zero attached hydrogens (tertiary/aromatic N) is 1. The maximum absolute atomic E-state index is 5.33. The van der Waals surface area contributed by atoms with E-state index in [-0.39, 0.29) is 24.0 Å². The van der Waals surface area contributed by atoms with E-state index in [1.54, 1.807) is 25.6 Å². The number of aryl methyl sites for hydroxylation is 1. The van der Waals surface area contributed by atoms with Crippen molar-refractivity contribution in [1.82, 2.24) is 5.32 Å². The lowest BCUT2D eigenvalue weighted by molar-refractivity contribution is 0.355. The van der Waals surface area contributed by atoms with Crippen LogP contribution in [0, 0.1) is 6.92 Å². The SMILES string of the molecule is CCNC(=NCc1ccc(C)s1)Nc1ccc(OC)c(OC)c1.I. The van der Waals surface area contributed by atoms with Gasteiger partial charge in [0.05, 0.1) is 20.8 Å². The molecule has 0 aliphatic carbocycles. The molecule has 0 bridgehead atoms. The van der Waals surface area contributed by atoms with Crippen LogP contribution in [0.15, 0.2) is 35.3 Å². The van der Waals surface area contributed by atoms with Gasteiger partial charge in [0, 0.05) is 28.1 Å². The van der Waals surface area contributed by atoms with Crippen molar-refractivity contribution in [2.24, 2.45) is 4.99 Å². The first-order valence-electron chi connectivity index (χ1n) is 7.49. The molecule has 0 radical (unpaired) electrons. The van der Waals surface area contributed by atoms with Crippen LogP contribution in [0.1, 0.15) is 16.7 Å². The fourth-order valence-corrected chi connectivity index (χ4v) is 2.90. The lowest BCUT2D eigenvalue weighted by Gasteiger charge is -2.13. The number of halogens is 1. The van der Waals surface area contributed by atoms with Gasteiger partial charge in [-0.2, -0.15) is 0 Å². The molecule has 0 aliphatic heterocycles. The average molecular weight is 461 g/mol. The second-order valence-corrected chi connectivity index (χ2v) is 6.27. The third kappa shape index (κ3) is 5.86. The van der Waals surface area contributed by atoms with E-state index < -0.39 is 0 Å². The van der Waals surface area contributed by atoms with Gasteiger partial charge in [0.1, 0.15) is 0 Å². The number of methoxy groups -OCH3 is 2. The van der Waals surface area contributed by atoms with Gasteiger partial charge in [-0.25, -0.2) is 4.99 Å². The van der Waals surface area contributed by atoms with E-state index in [0.717, 1.165) is 18.2 Å². The number of anilines is 1. The number of thiophene rings is 1. The summed E-state index contributed by atoms with van der Waals surface area (Å²) in [6.45, 7) is 5.59. The van der Waals surface area contributed by atoms with E-state index in [9.17, 15) is 0 Å². The Bertz CT molecular complexity index is 674. The predicted molar refractivity (Wildman–Crippen MR) is 112 cm³/mol. The maximum atomic E-state index is 5.33. The molecule has 7 heteroatoms. The molecule has 0 aliphatic rings. The van der Waals surface area contributed by atoms with Gasteiger partial charge in [0.15, 0.2) is 17.5 Å². The first kappa shape index (κ1) is 20.6. The molecule has 2 N–H and O–H groups in total. The number of guanidine groups is 1. The van der Waals surface area contributed by atoms with E-state index >= 15 is 0 Å². The third-order valence-electron chi connectivity index (χ3n) is 3.18. The minimum atomic E-state index is 0. The predicted octanol–water partition coefficient (Wildman–Crippen LogP) is 4.27. The van der Waals surface area contributed by atoms with Crippen LogP contribution in [0.4, 0.5) is 5.69 Å². The van der Waals surface area contributed by atoms with Crippen LogP contribution >= 0.6 is 35.3 Å². The summed E-state index contributed by atoms with van der Waals surface area (Å²) < 4.78 is 10.6. The quantitative estimate of drug-likeness (QED) is 0.384. The van der Waals surface area contributed by atoms with E-state index in [1.165, 1.54) is 9.75 Å². The van der Waals surface area contributed by atoms with Gasteiger partial charge < -0.3 is 20.1 Å². The summed E-state index contributed by atoms with van der Waals surface area (Å²) in [4.78, 5) is 7.16. The van der Waals surface area contributed by atoms with Gasteiger partial charge in [-0.15, -0.1) is 35.3 Å². The zero-order valence-corrected chi connectivity index (χ0v) is 17.5. The Kier molecular flexibility index (Phi) is 8.91. The van der Waals surface area contributed by atoms with Crippen molar-refractivity contribution >= 4 is 47.0 Å². The van der Waals surface area contributed by atoms with Crippen molar-refractivity contribution in [3.8, 4) is 11.5 Å². The van der Waals surface area contributed by atoms with Crippen molar-refractivity contribution < 1.29 is 9.47 Å². The van der Waals surface area contributed by atoms with Gasteiger partial charge in [-0.3, -0.25) is 0 Å². The summed E-state index contributed by atoms with van der Waals surface area (Å²) in [5.41, 5.74) is 0.893. The first-order valence-corrected chi connectivity index (χ1v) is 8.30. The molecule has 0 unspecified atom stereocenters. The van der Waals surface area contributed by atoms with Crippen LogP contribution in [0.25, 0.3) is 0 Å². The number of rotatable bonds is 6. The topological polar surface area (TPSA) is 54.9 Å². The molecule has 1 heterocycles. The van der Waals surface area contributed by atoms with E-state index in [0.29, 0.717) is 18.0 Å². The van der Waals surface area contributed by atoms with Crippen LogP contribution in [0.5, 0.6) is 11.5 Å². The second kappa shape index (κ2) is 10.4. The van der Waals surface area contributed by atoms with Gasteiger partial charge >= 0.3 is 0 Å². The zero-order chi connectivity index (χ0) is 16.7. The molecule has 0 atom stereocenters. The number of ether oxygens (including phenoxy) is 2. The van der Waals surface area contributed by atoms with E-state index in [4.69, 9.17) is 9.47 Å². The van der Waals surface area contributed by atoms with Crippen LogP contribution < -0.4 is 20.1 Å². The Morgan fingerprint density at radius 2 is 1.88 bits per heavy atom. The fourth-order valence-electron chi connectivity index (χ4n) is 2.08. The molecule has 0 spiro atoms. The van der Waals surface area contributed by atoms with E-state index in [2.05, 4.69) is 34.7 Å². The largest absolute Gasteiger partial charge is 0.493 e. The second-order valence-electron chi connectivity index (χ2n) is 4.90. The first-order chi connectivity index (χ1) is 11.2. The number of nitrogens with one attached hydrogen (secondary N) is 2. The lowest BCUT2D eigenvalue weighted by atomic mass is 10.3. The van der Waals surface area contributed by atoms with Gasteiger partial charge in [-0.05, 0) is 38.1 Å². The summed E-state index contributed by atoms with van der Waals surface area (Å²) in [6, 6.07) is 9.92. The molecule has 2 aromatic rings. The van der Waals surface area contributed by atoms with Gasteiger partial charge in [-0.1, -0.05) is 0 Å². The molecule has 5 nitrogen and oxygen atoms in total. The summed E-state index contributed by atoms with van der Waals surface area (Å²) in [5.74, 6) is 2.13. The third-order valence-corrected chi connectivity index (χ3v) is 4.16. The summed E-state index contributed by atoms with van der Waals surface area (Å²) in [5, 5.41) is 6.54. The summed E-state index contributed by atoms with van der Waals surface area (Å²) >= 11 is 1.77. The molecule has 132 valence electrons. The summed E-state index contributed by atoms with van der Waals surface area (Å²) in [7, 11) is 3.25. The van der Waals surface area contributed by atoms with Crippen molar-refractivity contribution in [1.29, 1.82) is 0 Å². The Labute approximate surface area is 164 Å². The highest BCUT2D eigenvalue weighted by Crippen LogP contribution is 2.29. The van der Waals surface area contributed by atoms with Crippen molar-refractivity contribution in [2.45, 2.75) is 20.4 Å². The molecule has 2 rings (SSSR count). The molecule has 0 amide bonds. The number of hydrogen-bond acceptors (Lipinski definition) is 4. The highest BCUT2D eigenvalue weighted by molar-refractivity contribution is 14.0. The zero-order valence-electron chi connectivity index (χ0n) is 14.4. The number of aliphatic imine (C=N–C) groups is 1. The van der Waals surface area contributed by atoms with E-state index in [1.807, 2.05) is 25.1 Å². The molecule has 0 saturated heterocycles. The highest BCUT2D eigenvalue weighted by atomic mass is 127. The minimum absolute atomic E-state index is 0. The minimum Gasteiger partial charge on any atom is -0.493 e. The Balaban J connectivity index is 0.00000288. The Morgan fingerprint density at radius 3 is 2.46 bits per heavy atom. The van der Waals surface area contributed by atoms with Gasteiger partial charge in [0.25, 0.3) is 0 Å². The Hall–Kier alpha value is -1.48. The lowest BCUT2D eigenvalue weighted by Crippen LogP contribution is -2.30. The molecular formula is C17H24IN3O2S. The molecule has 1 aromatic heterocycles. The maximum Gasteiger partial charge on any atom is 0.196 e. The standard InChI is InChI=1S/C17H23N3O2S.HI/c1-5-18-17(19-11-14-8-6-12(2)23-14)20-13-7-9-15(21-3)16(10-13)22-4;/h6-10H,5,11H2,1-4H3,(H2,18,19,20);1H. The van der Waals surface area contributed by atoms with Crippen LogP contribution in [-0.2, 0) is 6.54 Å². The van der Waals surface area contributed by atoms with Gasteiger partial charge in [0.2, 0.25) is 0 Å². The number of hydrogen-bond donors (Lipinski definition) is 2. The smallest absolute Gasteiger partial charge is 0.196 e. The monoisotopic (exact) mass is 461 g/mol. The molecule has 24 heavy (non-hydrogen) atoms. The van der Waals surface area contributed by atoms with Crippen molar-refractivity contribution in [3.63, 3.8) is 0 Å². The summed E-state index contributed by atoms with van der Waals surface area (Å²) in [6.07, 6.45) is 0. The Morgan fingerprint density at radius 1 is 1.12 bits per heavy atom.